The molecular weight excluding hydrogens is 410 g/mol. The molecule has 3 rings (SSSR count). The first-order valence-corrected chi connectivity index (χ1v) is 11.3. The molecule has 0 radical (unpaired) electrons. The SMILES string of the molecule is CCN(CC(=O)NC(C)C)C(=O)CSc1nc(-c2ccccc2)c(-c2ccccc2)o1. The number of nitrogens with one attached hydrogen (secondary N) is 1. The number of nitrogens with zero attached hydrogens (tertiary/aromatic N) is 2. The van der Waals surface area contributed by atoms with Gasteiger partial charge in [-0.05, 0) is 20.8 Å². The largest absolute Gasteiger partial charge is 0.431 e. The molecule has 0 spiro atoms. The van der Waals surface area contributed by atoms with Crippen LogP contribution in [0.25, 0.3) is 22.6 Å². The van der Waals surface area contributed by atoms with Crippen molar-refractivity contribution in [1.82, 2.24) is 15.2 Å². The van der Waals surface area contributed by atoms with E-state index < -0.39 is 0 Å². The lowest BCUT2D eigenvalue weighted by Gasteiger charge is -2.20. The lowest BCUT2D eigenvalue weighted by molar-refractivity contribution is -0.134. The standard InChI is InChI=1S/C24H27N3O3S/c1-4-27(15-20(28)25-17(2)3)21(29)16-31-24-26-22(18-11-7-5-8-12-18)23(30-24)19-13-9-6-10-14-19/h5-14,17H,4,15-16H2,1-3H3,(H,25,28). The topological polar surface area (TPSA) is 75.4 Å². The summed E-state index contributed by atoms with van der Waals surface area (Å²) >= 11 is 1.24. The van der Waals surface area contributed by atoms with Crippen LogP contribution in [0.15, 0.2) is 70.3 Å². The zero-order chi connectivity index (χ0) is 22.2. The van der Waals surface area contributed by atoms with Crippen LogP contribution in [0, 0.1) is 0 Å². The molecule has 3 aromatic rings. The van der Waals surface area contributed by atoms with Gasteiger partial charge < -0.3 is 14.6 Å². The van der Waals surface area contributed by atoms with Gasteiger partial charge in [-0.1, -0.05) is 72.4 Å². The van der Waals surface area contributed by atoms with Gasteiger partial charge in [0.1, 0.15) is 5.69 Å². The summed E-state index contributed by atoms with van der Waals surface area (Å²) in [5.74, 6) is 0.521. The van der Waals surface area contributed by atoms with Gasteiger partial charge in [0, 0.05) is 23.7 Å². The minimum Gasteiger partial charge on any atom is -0.431 e. The Balaban J connectivity index is 1.75. The first-order chi connectivity index (χ1) is 15.0. The Kier molecular flexibility index (Phi) is 7.89. The van der Waals surface area contributed by atoms with Crippen LogP contribution >= 0.6 is 11.8 Å². The number of carbonyl (C=O) groups is 2. The van der Waals surface area contributed by atoms with E-state index in [9.17, 15) is 9.59 Å². The van der Waals surface area contributed by atoms with Crippen LogP contribution in [0.5, 0.6) is 0 Å². The van der Waals surface area contributed by atoms with Gasteiger partial charge in [0.15, 0.2) is 5.76 Å². The predicted molar refractivity (Wildman–Crippen MR) is 124 cm³/mol. The molecule has 2 aromatic carbocycles. The molecule has 1 N–H and O–H groups in total. The molecule has 162 valence electrons. The molecule has 6 nitrogen and oxygen atoms in total. The van der Waals surface area contributed by atoms with E-state index in [0.29, 0.717) is 17.5 Å². The van der Waals surface area contributed by atoms with Crippen LogP contribution in [-0.4, -0.2) is 46.6 Å². The normalized spacial score (nSPS) is 10.8. The zero-order valence-corrected chi connectivity index (χ0v) is 18.8. The summed E-state index contributed by atoms with van der Waals surface area (Å²) < 4.78 is 6.05. The number of amides is 2. The van der Waals surface area contributed by atoms with Gasteiger partial charge in [-0.15, -0.1) is 0 Å². The van der Waals surface area contributed by atoms with Crippen molar-refractivity contribution in [2.75, 3.05) is 18.8 Å². The third-order valence-electron chi connectivity index (χ3n) is 4.53. The van der Waals surface area contributed by atoms with E-state index in [0.717, 1.165) is 16.8 Å². The van der Waals surface area contributed by atoms with E-state index in [1.807, 2.05) is 81.4 Å². The molecule has 2 amide bonds. The molecule has 0 unspecified atom stereocenters. The predicted octanol–water partition coefficient (Wildman–Crippen LogP) is 4.47. The Labute approximate surface area is 187 Å². The maximum atomic E-state index is 12.7. The van der Waals surface area contributed by atoms with Crippen molar-refractivity contribution in [3.8, 4) is 22.6 Å². The highest BCUT2D eigenvalue weighted by Crippen LogP contribution is 2.35. The number of carbonyl (C=O) groups excluding carboxylic acids is 2. The molecule has 0 saturated heterocycles. The molecule has 31 heavy (non-hydrogen) atoms. The second-order valence-electron chi connectivity index (χ2n) is 7.31. The van der Waals surface area contributed by atoms with Crippen molar-refractivity contribution in [2.45, 2.75) is 32.0 Å². The van der Waals surface area contributed by atoms with Gasteiger partial charge in [0.25, 0.3) is 5.22 Å². The number of likely N-dealkylation sites (N-methyl/N-ethyl adjacent to an activating group) is 1. The van der Waals surface area contributed by atoms with Crippen LogP contribution in [0.1, 0.15) is 20.8 Å². The second kappa shape index (κ2) is 10.8. The van der Waals surface area contributed by atoms with E-state index in [1.54, 1.807) is 0 Å². The number of hydrogen-bond acceptors (Lipinski definition) is 5. The summed E-state index contributed by atoms with van der Waals surface area (Å²) in [5.41, 5.74) is 2.61. The maximum absolute atomic E-state index is 12.7. The van der Waals surface area contributed by atoms with Crippen molar-refractivity contribution < 1.29 is 14.0 Å². The Bertz CT molecular complexity index is 946. The van der Waals surface area contributed by atoms with Crippen molar-refractivity contribution in [1.29, 1.82) is 0 Å². The van der Waals surface area contributed by atoms with Crippen LogP contribution in [0.3, 0.4) is 0 Å². The zero-order valence-electron chi connectivity index (χ0n) is 18.0. The van der Waals surface area contributed by atoms with Gasteiger partial charge in [-0.2, -0.15) is 0 Å². The molecule has 1 aromatic heterocycles. The van der Waals surface area contributed by atoms with Crippen molar-refractivity contribution in [3.63, 3.8) is 0 Å². The number of benzene rings is 2. The minimum absolute atomic E-state index is 0.0378. The first-order valence-electron chi connectivity index (χ1n) is 10.3. The molecule has 1 heterocycles. The lowest BCUT2D eigenvalue weighted by atomic mass is 10.1. The molecule has 0 bridgehead atoms. The highest BCUT2D eigenvalue weighted by Gasteiger charge is 2.20. The van der Waals surface area contributed by atoms with Crippen molar-refractivity contribution >= 4 is 23.6 Å². The minimum atomic E-state index is -0.163. The first kappa shape index (κ1) is 22.6. The second-order valence-corrected chi connectivity index (χ2v) is 8.23. The number of rotatable bonds is 9. The third kappa shape index (κ3) is 6.21. The van der Waals surface area contributed by atoms with Gasteiger partial charge in [-0.25, -0.2) is 4.98 Å². The van der Waals surface area contributed by atoms with E-state index in [1.165, 1.54) is 16.7 Å². The summed E-state index contributed by atoms with van der Waals surface area (Å²) in [6, 6.07) is 19.7. The molecule has 0 aliphatic heterocycles. The van der Waals surface area contributed by atoms with Crippen LogP contribution < -0.4 is 5.32 Å². The fourth-order valence-corrected chi connectivity index (χ4v) is 3.80. The van der Waals surface area contributed by atoms with Crippen molar-refractivity contribution in [3.05, 3.63) is 60.7 Å². The van der Waals surface area contributed by atoms with Crippen LogP contribution in [-0.2, 0) is 9.59 Å². The van der Waals surface area contributed by atoms with E-state index in [4.69, 9.17) is 4.42 Å². The molecule has 0 atom stereocenters. The van der Waals surface area contributed by atoms with E-state index in [2.05, 4.69) is 10.3 Å². The molecule has 0 fully saturated rings. The monoisotopic (exact) mass is 437 g/mol. The molecule has 0 aliphatic rings. The average Bonchev–Trinajstić information content (AvgIpc) is 3.21. The number of thioether (sulfide) groups is 1. The lowest BCUT2D eigenvalue weighted by Crippen LogP contribution is -2.43. The van der Waals surface area contributed by atoms with Gasteiger partial charge in [-0.3, -0.25) is 9.59 Å². The van der Waals surface area contributed by atoms with Gasteiger partial charge in [0.05, 0.1) is 12.3 Å². The highest BCUT2D eigenvalue weighted by atomic mass is 32.2. The average molecular weight is 438 g/mol. The fourth-order valence-electron chi connectivity index (χ4n) is 3.07. The fraction of sp³-hybridized carbons (Fsp3) is 0.292. The summed E-state index contributed by atoms with van der Waals surface area (Å²) in [5, 5.41) is 3.24. The smallest absolute Gasteiger partial charge is 0.257 e. The summed E-state index contributed by atoms with van der Waals surface area (Å²) in [7, 11) is 0. The maximum Gasteiger partial charge on any atom is 0.257 e. The summed E-state index contributed by atoms with van der Waals surface area (Å²) in [6.45, 7) is 6.15. The molecular formula is C24H27N3O3S. The summed E-state index contributed by atoms with van der Waals surface area (Å²) in [6.07, 6.45) is 0. The Morgan fingerprint density at radius 1 is 1.03 bits per heavy atom. The highest BCUT2D eigenvalue weighted by molar-refractivity contribution is 7.99. The van der Waals surface area contributed by atoms with Gasteiger partial charge in [0.2, 0.25) is 11.8 Å². The van der Waals surface area contributed by atoms with Crippen LogP contribution in [0.2, 0.25) is 0 Å². The van der Waals surface area contributed by atoms with Crippen LogP contribution in [0.4, 0.5) is 0 Å². The summed E-state index contributed by atoms with van der Waals surface area (Å²) in [4.78, 5) is 30.9. The van der Waals surface area contributed by atoms with E-state index >= 15 is 0 Å². The Hall–Kier alpha value is -3.06. The molecule has 7 heteroatoms. The van der Waals surface area contributed by atoms with E-state index in [-0.39, 0.29) is 30.2 Å². The molecule has 0 saturated carbocycles. The quantitative estimate of drug-likeness (QED) is 0.500. The number of aromatic nitrogens is 1. The Morgan fingerprint density at radius 3 is 2.23 bits per heavy atom. The third-order valence-corrected chi connectivity index (χ3v) is 5.34. The number of hydrogen-bond donors (Lipinski definition) is 1. The van der Waals surface area contributed by atoms with Gasteiger partial charge >= 0.3 is 0 Å². The number of oxazole rings is 1. The van der Waals surface area contributed by atoms with Crippen molar-refractivity contribution in [2.24, 2.45) is 0 Å². The molecule has 0 aliphatic carbocycles. The Morgan fingerprint density at radius 2 is 1.65 bits per heavy atom.